The summed E-state index contributed by atoms with van der Waals surface area (Å²) in [5, 5.41) is 0. The SMILES string of the molecule is [B]c1cc(OC=O)cc(OC(=O)c2ccc(-c3ccccc3)nc2)c1. The fourth-order valence-corrected chi connectivity index (χ4v) is 2.24. The summed E-state index contributed by atoms with van der Waals surface area (Å²) in [4.78, 5) is 26.9. The molecule has 120 valence electrons. The summed E-state index contributed by atoms with van der Waals surface area (Å²) < 4.78 is 9.97. The van der Waals surface area contributed by atoms with E-state index in [0.717, 1.165) is 11.3 Å². The van der Waals surface area contributed by atoms with Gasteiger partial charge in [0, 0.05) is 17.8 Å². The van der Waals surface area contributed by atoms with Gasteiger partial charge in [-0.1, -0.05) is 35.8 Å². The first-order valence-electron chi connectivity index (χ1n) is 7.40. The quantitative estimate of drug-likeness (QED) is 0.311. The molecule has 0 aliphatic rings. The predicted octanol–water partition coefficient (Wildman–Crippen LogP) is 2.30. The minimum atomic E-state index is -0.588. The first kappa shape index (κ1) is 16.5. The Labute approximate surface area is 145 Å². The molecule has 0 amide bonds. The maximum absolute atomic E-state index is 12.2. The molecule has 3 rings (SSSR count). The summed E-state index contributed by atoms with van der Waals surface area (Å²) in [5.41, 5.74) is 2.30. The van der Waals surface area contributed by atoms with E-state index in [1.54, 1.807) is 12.1 Å². The van der Waals surface area contributed by atoms with Crippen LogP contribution >= 0.6 is 0 Å². The molecule has 0 aliphatic carbocycles. The minimum Gasteiger partial charge on any atom is -0.429 e. The van der Waals surface area contributed by atoms with E-state index in [2.05, 4.69) is 4.98 Å². The summed E-state index contributed by atoms with van der Waals surface area (Å²) in [6.07, 6.45) is 1.44. The highest BCUT2D eigenvalue weighted by Gasteiger charge is 2.11. The van der Waals surface area contributed by atoms with Crippen molar-refractivity contribution in [2.24, 2.45) is 0 Å². The molecule has 1 heterocycles. The Hall–Kier alpha value is -3.41. The Morgan fingerprint density at radius 2 is 1.76 bits per heavy atom. The number of carbonyl (C=O) groups is 2. The number of aromatic nitrogens is 1. The molecule has 2 radical (unpaired) electrons. The van der Waals surface area contributed by atoms with Gasteiger partial charge in [-0.05, 0) is 24.3 Å². The molecule has 2 aromatic carbocycles. The number of esters is 1. The van der Waals surface area contributed by atoms with E-state index in [1.165, 1.54) is 24.4 Å². The highest BCUT2D eigenvalue weighted by Crippen LogP contribution is 2.20. The van der Waals surface area contributed by atoms with Crippen LogP contribution in [0.1, 0.15) is 10.4 Å². The van der Waals surface area contributed by atoms with Crippen molar-refractivity contribution in [3.05, 3.63) is 72.4 Å². The van der Waals surface area contributed by atoms with Crippen molar-refractivity contribution < 1.29 is 19.1 Å². The maximum Gasteiger partial charge on any atom is 0.345 e. The average molecular weight is 329 g/mol. The molecule has 0 saturated carbocycles. The number of benzene rings is 2. The van der Waals surface area contributed by atoms with E-state index >= 15 is 0 Å². The van der Waals surface area contributed by atoms with Gasteiger partial charge < -0.3 is 9.47 Å². The number of hydrogen-bond acceptors (Lipinski definition) is 5. The Morgan fingerprint density at radius 1 is 1.00 bits per heavy atom. The van der Waals surface area contributed by atoms with Gasteiger partial charge in [0.1, 0.15) is 19.3 Å². The number of carbonyl (C=O) groups excluding carboxylic acids is 2. The first-order chi connectivity index (χ1) is 12.2. The standard InChI is InChI=1S/C19H12BNO4/c20-15-8-16(24-12-22)10-17(9-15)25-19(23)14-6-7-18(21-11-14)13-4-2-1-3-5-13/h1-12H. The third-order valence-electron chi connectivity index (χ3n) is 3.37. The zero-order valence-electron chi connectivity index (χ0n) is 13.1. The smallest absolute Gasteiger partial charge is 0.345 e. The molecule has 0 unspecified atom stereocenters. The lowest BCUT2D eigenvalue weighted by Crippen LogP contribution is -2.11. The van der Waals surface area contributed by atoms with Gasteiger partial charge >= 0.3 is 5.97 Å². The van der Waals surface area contributed by atoms with Gasteiger partial charge in [0.2, 0.25) is 0 Å². The van der Waals surface area contributed by atoms with E-state index in [0.29, 0.717) is 11.0 Å². The molecule has 0 atom stereocenters. The summed E-state index contributed by atoms with van der Waals surface area (Å²) in [5.74, 6) is -0.223. The monoisotopic (exact) mass is 329 g/mol. The van der Waals surface area contributed by atoms with Crippen molar-refractivity contribution in [2.75, 3.05) is 0 Å². The summed E-state index contributed by atoms with van der Waals surface area (Å²) in [6, 6.07) is 17.3. The number of ether oxygens (including phenoxy) is 2. The molecule has 0 aliphatic heterocycles. The van der Waals surface area contributed by atoms with Crippen LogP contribution < -0.4 is 14.9 Å². The number of nitrogens with zero attached hydrogens (tertiary/aromatic N) is 1. The molecule has 0 N–H and O–H groups in total. The zero-order valence-corrected chi connectivity index (χ0v) is 13.1. The van der Waals surface area contributed by atoms with E-state index in [4.69, 9.17) is 17.3 Å². The van der Waals surface area contributed by atoms with Gasteiger partial charge in [0.25, 0.3) is 6.47 Å². The average Bonchev–Trinajstić information content (AvgIpc) is 2.62. The topological polar surface area (TPSA) is 65.5 Å². The van der Waals surface area contributed by atoms with Crippen LogP contribution in [0.2, 0.25) is 0 Å². The van der Waals surface area contributed by atoms with Crippen molar-refractivity contribution in [1.82, 2.24) is 4.98 Å². The van der Waals surface area contributed by atoms with Crippen molar-refractivity contribution in [3.63, 3.8) is 0 Å². The molecule has 0 spiro atoms. The van der Waals surface area contributed by atoms with Crippen molar-refractivity contribution in [2.45, 2.75) is 0 Å². The third-order valence-corrected chi connectivity index (χ3v) is 3.37. The van der Waals surface area contributed by atoms with Crippen LogP contribution in [0.25, 0.3) is 11.3 Å². The lowest BCUT2D eigenvalue weighted by Gasteiger charge is -2.08. The van der Waals surface area contributed by atoms with Crippen LogP contribution in [-0.4, -0.2) is 25.3 Å². The molecule has 1 aromatic heterocycles. The van der Waals surface area contributed by atoms with Crippen molar-refractivity contribution >= 4 is 25.8 Å². The number of pyridine rings is 1. The zero-order chi connectivity index (χ0) is 17.6. The Kier molecular flexibility index (Phi) is 4.90. The maximum atomic E-state index is 12.2. The second-order valence-corrected chi connectivity index (χ2v) is 5.14. The van der Waals surface area contributed by atoms with Gasteiger partial charge in [-0.2, -0.15) is 0 Å². The van der Waals surface area contributed by atoms with Crippen LogP contribution in [0.4, 0.5) is 0 Å². The number of hydrogen-bond donors (Lipinski definition) is 0. The van der Waals surface area contributed by atoms with Gasteiger partial charge in [0.15, 0.2) is 0 Å². The Bertz CT molecular complexity index is 895. The van der Waals surface area contributed by atoms with Crippen molar-refractivity contribution in [3.8, 4) is 22.8 Å². The number of rotatable bonds is 5. The van der Waals surface area contributed by atoms with Gasteiger partial charge in [-0.3, -0.25) is 9.78 Å². The van der Waals surface area contributed by atoms with E-state index < -0.39 is 5.97 Å². The van der Waals surface area contributed by atoms with Crippen LogP contribution in [0.3, 0.4) is 0 Å². The second-order valence-electron chi connectivity index (χ2n) is 5.14. The predicted molar refractivity (Wildman–Crippen MR) is 93.2 cm³/mol. The van der Waals surface area contributed by atoms with Crippen LogP contribution in [0, 0.1) is 0 Å². The molecule has 0 saturated heterocycles. The lowest BCUT2D eigenvalue weighted by atomic mass is 9.96. The summed E-state index contributed by atoms with van der Waals surface area (Å²) in [7, 11) is 5.69. The molecular formula is C19H12BNO4. The lowest BCUT2D eigenvalue weighted by molar-refractivity contribution is -0.120. The van der Waals surface area contributed by atoms with Crippen LogP contribution in [0.5, 0.6) is 11.5 Å². The molecule has 5 nitrogen and oxygen atoms in total. The third kappa shape index (κ3) is 4.12. The van der Waals surface area contributed by atoms with Crippen LogP contribution in [0.15, 0.2) is 66.9 Å². The Balaban J connectivity index is 1.76. The molecule has 0 fully saturated rings. The first-order valence-corrected chi connectivity index (χ1v) is 7.40. The normalized spacial score (nSPS) is 10.1. The second kappa shape index (κ2) is 7.44. The van der Waals surface area contributed by atoms with Gasteiger partial charge in [0.05, 0.1) is 11.3 Å². The van der Waals surface area contributed by atoms with Crippen LogP contribution in [-0.2, 0) is 4.79 Å². The highest BCUT2D eigenvalue weighted by molar-refractivity contribution is 6.32. The molecule has 6 heteroatoms. The van der Waals surface area contributed by atoms with Crippen molar-refractivity contribution in [1.29, 1.82) is 0 Å². The van der Waals surface area contributed by atoms with Gasteiger partial charge in [-0.25, -0.2) is 4.79 Å². The fourth-order valence-electron chi connectivity index (χ4n) is 2.24. The fraction of sp³-hybridized carbons (Fsp3) is 0. The highest BCUT2D eigenvalue weighted by atomic mass is 16.5. The minimum absolute atomic E-state index is 0.175. The largest absolute Gasteiger partial charge is 0.429 e. The van der Waals surface area contributed by atoms with E-state index in [1.807, 2.05) is 30.3 Å². The van der Waals surface area contributed by atoms with Gasteiger partial charge in [-0.15, -0.1) is 0 Å². The molecule has 0 bridgehead atoms. The van der Waals surface area contributed by atoms with E-state index in [-0.39, 0.29) is 18.0 Å². The summed E-state index contributed by atoms with van der Waals surface area (Å²) >= 11 is 0. The molecule has 3 aromatic rings. The Morgan fingerprint density at radius 3 is 2.44 bits per heavy atom. The summed E-state index contributed by atoms with van der Waals surface area (Å²) in [6.45, 7) is 0.270. The van der Waals surface area contributed by atoms with E-state index in [9.17, 15) is 9.59 Å². The molecular weight excluding hydrogens is 317 g/mol. The molecule has 25 heavy (non-hydrogen) atoms.